The molecule has 0 unspecified atom stereocenters. The maximum Gasteiger partial charge on any atom is 0.237 e. The number of anilines is 1. The molecule has 2 aromatic carbocycles. The summed E-state index contributed by atoms with van der Waals surface area (Å²) in [5.41, 5.74) is 1.74. The fraction of sp³-hybridized carbons (Fsp3) is 0.333. The van der Waals surface area contributed by atoms with E-state index in [1.54, 1.807) is 14.2 Å². The minimum Gasteiger partial charge on any atom is -0.497 e. The molecule has 5 rings (SSSR count). The molecule has 1 saturated heterocycles. The summed E-state index contributed by atoms with van der Waals surface area (Å²) in [4.78, 5) is 6.85. The topological polar surface area (TPSA) is 91.3 Å². The molecular formula is C24H26N6O3S. The molecule has 0 atom stereocenters. The highest BCUT2D eigenvalue weighted by Crippen LogP contribution is 2.34. The average Bonchev–Trinajstić information content (AvgIpc) is 3.55. The van der Waals surface area contributed by atoms with Gasteiger partial charge in [-0.25, -0.2) is 0 Å². The van der Waals surface area contributed by atoms with Gasteiger partial charge in [0.15, 0.2) is 5.16 Å². The van der Waals surface area contributed by atoms with E-state index in [4.69, 9.17) is 14.0 Å². The predicted octanol–water partition coefficient (Wildman–Crippen LogP) is 4.62. The maximum atomic E-state index is 5.65. The van der Waals surface area contributed by atoms with E-state index in [2.05, 4.69) is 29.8 Å². The Labute approximate surface area is 202 Å². The molecule has 176 valence electrons. The largest absolute Gasteiger partial charge is 0.497 e. The van der Waals surface area contributed by atoms with E-state index in [1.807, 2.05) is 48.5 Å². The van der Waals surface area contributed by atoms with Gasteiger partial charge >= 0.3 is 0 Å². The fourth-order valence-corrected chi connectivity index (χ4v) is 4.78. The Morgan fingerprint density at radius 2 is 1.82 bits per heavy atom. The van der Waals surface area contributed by atoms with Crippen LogP contribution in [0.25, 0.3) is 17.1 Å². The van der Waals surface area contributed by atoms with Crippen molar-refractivity contribution in [3.05, 3.63) is 54.4 Å². The van der Waals surface area contributed by atoms with Crippen LogP contribution in [0.3, 0.4) is 0 Å². The van der Waals surface area contributed by atoms with Gasteiger partial charge in [-0.15, -0.1) is 10.2 Å². The van der Waals surface area contributed by atoms with E-state index in [0.29, 0.717) is 17.5 Å². The first-order chi connectivity index (χ1) is 16.8. The third kappa shape index (κ3) is 4.58. The van der Waals surface area contributed by atoms with Crippen LogP contribution in [0.4, 0.5) is 5.95 Å². The lowest BCUT2D eigenvalue weighted by molar-refractivity contribution is 0.391. The summed E-state index contributed by atoms with van der Waals surface area (Å²) in [6, 6.07) is 15.5. The predicted molar refractivity (Wildman–Crippen MR) is 130 cm³/mol. The van der Waals surface area contributed by atoms with Gasteiger partial charge in [0.2, 0.25) is 17.7 Å². The van der Waals surface area contributed by atoms with E-state index in [1.165, 1.54) is 18.2 Å². The molecule has 1 aliphatic heterocycles. The lowest BCUT2D eigenvalue weighted by atomic mass is 10.1. The number of piperidine rings is 1. The quantitative estimate of drug-likeness (QED) is 0.336. The molecule has 4 aromatic rings. The third-order valence-electron chi connectivity index (χ3n) is 5.70. The van der Waals surface area contributed by atoms with Crippen molar-refractivity contribution in [1.29, 1.82) is 0 Å². The molecule has 0 radical (unpaired) electrons. The van der Waals surface area contributed by atoms with Crippen LogP contribution in [0.15, 0.2) is 58.2 Å². The standard InChI is InChI=1S/C24H26N6O3S/c1-31-18-10-8-9-17(15-18)22-25-21(33-28-22)16-34-24-27-26-23(29-13-6-3-7-14-29)30(24)19-11-4-5-12-20(19)32-2/h4-5,8-12,15H,3,6-7,13-14,16H2,1-2H3. The molecule has 2 aromatic heterocycles. The smallest absolute Gasteiger partial charge is 0.237 e. The highest BCUT2D eigenvalue weighted by Gasteiger charge is 2.24. The monoisotopic (exact) mass is 478 g/mol. The summed E-state index contributed by atoms with van der Waals surface area (Å²) in [6.45, 7) is 1.93. The maximum absolute atomic E-state index is 5.65. The summed E-state index contributed by atoms with van der Waals surface area (Å²) >= 11 is 1.50. The Kier molecular flexibility index (Phi) is 6.66. The molecule has 10 heteroatoms. The third-order valence-corrected chi connectivity index (χ3v) is 6.62. The van der Waals surface area contributed by atoms with Gasteiger partial charge in [-0.2, -0.15) is 4.98 Å². The van der Waals surface area contributed by atoms with Gasteiger partial charge in [0, 0.05) is 18.7 Å². The van der Waals surface area contributed by atoms with Gasteiger partial charge in [0.1, 0.15) is 11.5 Å². The molecule has 1 aliphatic rings. The SMILES string of the molecule is COc1cccc(-c2noc(CSc3nnc(N4CCCCC4)n3-c3ccccc3OC)n2)c1. The van der Waals surface area contributed by atoms with Crippen LogP contribution in [0.1, 0.15) is 25.2 Å². The summed E-state index contributed by atoms with van der Waals surface area (Å²) in [7, 11) is 3.31. The second-order valence-corrected chi connectivity index (χ2v) is 8.81. The second kappa shape index (κ2) is 10.2. The van der Waals surface area contributed by atoms with Gasteiger partial charge in [0.25, 0.3) is 0 Å². The minimum atomic E-state index is 0.463. The lowest BCUT2D eigenvalue weighted by Gasteiger charge is -2.28. The Balaban J connectivity index is 1.42. The second-order valence-electron chi connectivity index (χ2n) is 7.87. The zero-order chi connectivity index (χ0) is 23.3. The number of hydrogen-bond acceptors (Lipinski definition) is 9. The van der Waals surface area contributed by atoms with Gasteiger partial charge in [0.05, 0.1) is 25.7 Å². The summed E-state index contributed by atoms with van der Waals surface area (Å²) < 4.78 is 18.5. The van der Waals surface area contributed by atoms with Crippen LogP contribution in [0, 0.1) is 0 Å². The molecule has 9 nitrogen and oxygen atoms in total. The lowest BCUT2D eigenvalue weighted by Crippen LogP contribution is -2.31. The molecule has 0 amide bonds. The summed E-state index contributed by atoms with van der Waals surface area (Å²) in [5.74, 6) is 3.83. The van der Waals surface area contributed by atoms with Crippen LogP contribution in [0.2, 0.25) is 0 Å². The Bertz CT molecular complexity index is 1250. The first-order valence-corrected chi connectivity index (χ1v) is 12.2. The van der Waals surface area contributed by atoms with Crippen LogP contribution < -0.4 is 14.4 Å². The Hall–Kier alpha value is -3.53. The number of benzene rings is 2. The van der Waals surface area contributed by atoms with E-state index >= 15 is 0 Å². The first-order valence-electron chi connectivity index (χ1n) is 11.2. The van der Waals surface area contributed by atoms with Crippen molar-refractivity contribution >= 4 is 17.7 Å². The molecule has 34 heavy (non-hydrogen) atoms. The Morgan fingerprint density at radius 1 is 0.971 bits per heavy atom. The van der Waals surface area contributed by atoms with Crippen molar-refractivity contribution in [3.63, 3.8) is 0 Å². The van der Waals surface area contributed by atoms with Crippen molar-refractivity contribution in [3.8, 4) is 28.6 Å². The Morgan fingerprint density at radius 3 is 2.65 bits per heavy atom. The minimum absolute atomic E-state index is 0.463. The number of hydrogen-bond donors (Lipinski definition) is 0. The van der Waals surface area contributed by atoms with Crippen molar-refractivity contribution in [2.24, 2.45) is 0 Å². The highest BCUT2D eigenvalue weighted by atomic mass is 32.2. The number of ether oxygens (including phenoxy) is 2. The van der Waals surface area contributed by atoms with Crippen LogP contribution in [0.5, 0.6) is 11.5 Å². The molecule has 1 fully saturated rings. The normalized spacial score (nSPS) is 13.8. The number of nitrogens with zero attached hydrogens (tertiary/aromatic N) is 6. The highest BCUT2D eigenvalue weighted by molar-refractivity contribution is 7.98. The molecule has 3 heterocycles. The van der Waals surface area contributed by atoms with Crippen molar-refractivity contribution in [1.82, 2.24) is 24.9 Å². The van der Waals surface area contributed by atoms with Gasteiger partial charge in [-0.05, 0) is 43.5 Å². The molecule has 0 bridgehead atoms. The summed E-state index contributed by atoms with van der Waals surface area (Å²) in [5, 5.41) is 14.0. The van der Waals surface area contributed by atoms with Crippen LogP contribution in [-0.2, 0) is 5.75 Å². The zero-order valence-corrected chi connectivity index (χ0v) is 20.0. The van der Waals surface area contributed by atoms with Crippen molar-refractivity contribution in [2.45, 2.75) is 30.2 Å². The molecular weight excluding hydrogens is 452 g/mol. The molecule has 0 saturated carbocycles. The molecule has 0 spiro atoms. The van der Waals surface area contributed by atoms with Crippen molar-refractivity contribution < 1.29 is 14.0 Å². The van der Waals surface area contributed by atoms with E-state index in [9.17, 15) is 0 Å². The number of methoxy groups -OCH3 is 2. The van der Waals surface area contributed by atoms with Crippen LogP contribution in [-0.4, -0.2) is 52.2 Å². The molecule has 0 aliphatic carbocycles. The van der Waals surface area contributed by atoms with Crippen molar-refractivity contribution in [2.75, 3.05) is 32.2 Å². The molecule has 0 N–H and O–H groups in total. The van der Waals surface area contributed by atoms with E-state index < -0.39 is 0 Å². The number of thioether (sulfide) groups is 1. The summed E-state index contributed by atoms with van der Waals surface area (Å²) in [6.07, 6.45) is 3.54. The fourth-order valence-electron chi connectivity index (χ4n) is 4.00. The van der Waals surface area contributed by atoms with Gasteiger partial charge < -0.3 is 18.9 Å². The number of rotatable bonds is 8. The van der Waals surface area contributed by atoms with E-state index in [-0.39, 0.29) is 0 Å². The van der Waals surface area contributed by atoms with Gasteiger partial charge in [-0.1, -0.05) is 41.2 Å². The number of aromatic nitrogens is 5. The van der Waals surface area contributed by atoms with E-state index in [0.717, 1.165) is 59.8 Å². The first kappa shape index (κ1) is 22.3. The average molecular weight is 479 g/mol. The van der Waals surface area contributed by atoms with Crippen LogP contribution >= 0.6 is 11.8 Å². The zero-order valence-electron chi connectivity index (χ0n) is 19.2. The van der Waals surface area contributed by atoms with Gasteiger partial charge in [-0.3, -0.25) is 4.57 Å². The number of para-hydroxylation sites is 2.